The Hall–Kier alpha value is -1.92. The second-order valence-electron chi connectivity index (χ2n) is 9.38. The summed E-state index contributed by atoms with van der Waals surface area (Å²) in [6, 6.07) is 9.47. The molecule has 1 saturated carbocycles. The van der Waals surface area contributed by atoms with Crippen LogP contribution < -0.4 is 5.32 Å². The van der Waals surface area contributed by atoms with Crippen LogP contribution in [0, 0.1) is 5.92 Å². The van der Waals surface area contributed by atoms with Gasteiger partial charge >= 0.3 is 0 Å². The highest BCUT2D eigenvalue weighted by Gasteiger charge is 2.37. The molecule has 0 bridgehead atoms. The van der Waals surface area contributed by atoms with Crippen molar-refractivity contribution in [1.82, 2.24) is 20.0 Å². The number of piperazine rings is 1. The fourth-order valence-electron chi connectivity index (χ4n) is 5.54. The van der Waals surface area contributed by atoms with Gasteiger partial charge in [-0.25, -0.2) is 0 Å². The van der Waals surface area contributed by atoms with Gasteiger partial charge < -0.3 is 15.1 Å². The number of carbonyl (C=O) groups is 2. The summed E-state index contributed by atoms with van der Waals surface area (Å²) < 4.78 is 0. The Kier molecular flexibility index (Phi) is 7.97. The van der Waals surface area contributed by atoms with Gasteiger partial charge in [-0.15, -0.1) is 0 Å². The molecular weight excluding hydrogens is 388 g/mol. The van der Waals surface area contributed by atoms with Crippen LogP contribution in [0.1, 0.15) is 55.3 Å². The van der Waals surface area contributed by atoms with Gasteiger partial charge in [-0.05, 0) is 56.8 Å². The maximum Gasteiger partial charge on any atom is 0.253 e. The summed E-state index contributed by atoms with van der Waals surface area (Å²) in [6.45, 7) is 6.98. The molecule has 2 heterocycles. The Morgan fingerprint density at radius 1 is 0.871 bits per heavy atom. The summed E-state index contributed by atoms with van der Waals surface area (Å²) in [5, 5.41) is 3.26. The summed E-state index contributed by atoms with van der Waals surface area (Å²) in [5.74, 6) is 0.752. The van der Waals surface area contributed by atoms with Crippen LogP contribution in [-0.4, -0.2) is 84.9 Å². The predicted molar refractivity (Wildman–Crippen MR) is 123 cm³/mol. The quantitative estimate of drug-likeness (QED) is 0.728. The number of nitrogens with one attached hydrogen (secondary N) is 1. The number of hydrogen-bond acceptors (Lipinski definition) is 4. The zero-order valence-electron chi connectivity index (χ0n) is 18.8. The van der Waals surface area contributed by atoms with Crippen LogP contribution in [0.25, 0.3) is 0 Å². The van der Waals surface area contributed by atoms with E-state index in [1.54, 1.807) is 0 Å². The maximum absolute atomic E-state index is 13.3. The molecule has 170 valence electrons. The van der Waals surface area contributed by atoms with E-state index in [4.69, 9.17) is 0 Å². The van der Waals surface area contributed by atoms with Gasteiger partial charge in [-0.1, -0.05) is 37.5 Å². The highest BCUT2D eigenvalue weighted by molar-refractivity contribution is 5.94. The van der Waals surface area contributed by atoms with Crippen molar-refractivity contribution < 1.29 is 9.59 Å². The average molecular weight is 427 g/mol. The number of nitrogens with zero attached hydrogens (tertiary/aromatic N) is 3. The highest BCUT2D eigenvalue weighted by Crippen LogP contribution is 2.31. The van der Waals surface area contributed by atoms with Gasteiger partial charge in [0.25, 0.3) is 5.91 Å². The molecule has 2 aliphatic heterocycles. The van der Waals surface area contributed by atoms with E-state index in [1.807, 2.05) is 35.2 Å². The number of carbonyl (C=O) groups excluding carboxylic acids is 2. The average Bonchev–Trinajstić information content (AvgIpc) is 3.35. The summed E-state index contributed by atoms with van der Waals surface area (Å²) in [6.07, 6.45) is 8.66. The molecule has 0 aromatic heterocycles. The molecule has 1 aromatic carbocycles. The number of amides is 2. The van der Waals surface area contributed by atoms with E-state index in [2.05, 4.69) is 15.1 Å². The first-order chi connectivity index (χ1) is 15.2. The lowest BCUT2D eigenvalue weighted by atomic mass is 9.95. The minimum Gasteiger partial charge on any atom is -0.353 e. The molecule has 1 N–H and O–H groups in total. The molecule has 31 heavy (non-hydrogen) atoms. The van der Waals surface area contributed by atoms with Crippen molar-refractivity contribution in [2.45, 2.75) is 51.0 Å². The van der Waals surface area contributed by atoms with Gasteiger partial charge in [0, 0.05) is 44.8 Å². The van der Waals surface area contributed by atoms with Gasteiger partial charge in [0.05, 0.1) is 6.04 Å². The van der Waals surface area contributed by atoms with Gasteiger partial charge in [0.2, 0.25) is 5.91 Å². The highest BCUT2D eigenvalue weighted by atomic mass is 16.2. The molecule has 1 aromatic rings. The molecule has 4 rings (SSSR count). The molecule has 1 unspecified atom stereocenters. The van der Waals surface area contributed by atoms with Crippen LogP contribution in [0.4, 0.5) is 0 Å². The SMILES string of the molecule is O=C(NCCN1CCCCC1)C(C1CCCC1)N1CCN(C(=O)c2ccccc2)CC1. The first-order valence-corrected chi connectivity index (χ1v) is 12.3. The fourth-order valence-corrected chi connectivity index (χ4v) is 5.54. The van der Waals surface area contributed by atoms with Crippen LogP contribution in [0.15, 0.2) is 30.3 Å². The Morgan fingerprint density at radius 2 is 1.55 bits per heavy atom. The molecule has 1 atom stereocenters. The lowest BCUT2D eigenvalue weighted by Crippen LogP contribution is -2.58. The van der Waals surface area contributed by atoms with Crippen LogP contribution >= 0.6 is 0 Å². The zero-order chi connectivity index (χ0) is 21.5. The Bertz CT molecular complexity index is 705. The second-order valence-corrected chi connectivity index (χ2v) is 9.38. The molecule has 2 saturated heterocycles. The standard InChI is InChI=1S/C25H38N4O2/c30-24(26-13-16-27-14-7-2-8-15-27)23(21-9-5-6-10-21)28-17-19-29(20-18-28)25(31)22-11-3-1-4-12-22/h1,3-4,11-12,21,23H,2,5-10,13-20H2,(H,26,30). The molecule has 3 aliphatic rings. The first-order valence-electron chi connectivity index (χ1n) is 12.3. The number of rotatable bonds is 7. The minimum absolute atomic E-state index is 0.0437. The third kappa shape index (κ3) is 5.86. The lowest BCUT2D eigenvalue weighted by molar-refractivity contribution is -0.129. The maximum atomic E-state index is 13.3. The zero-order valence-corrected chi connectivity index (χ0v) is 18.8. The third-order valence-electron chi connectivity index (χ3n) is 7.31. The van der Waals surface area contributed by atoms with Crippen molar-refractivity contribution in [1.29, 1.82) is 0 Å². The van der Waals surface area contributed by atoms with Gasteiger partial charge in [-0.2, -0.15) is 0 Å². The van der Waals surface area contributed by atoms with E-state index in [-0.39, 0.29) is 17.9 Å². The second kappa shape index (κ2) is 11.1. The molecule has 0 radical (unpaired) electrons. The third-order valence-corrected chi connectivity index (χ3v) is 7.31. The summed E-state index contributed by atoms with van der Waals surface area (Å²) in [5.41, 5.74) is 0.749. The van der Waals surface area contributed by atoms with Crippen LogP contribution in [0.5, 0.6) is 0 Å². The van der Waals surface area contributed by atoms with E-state index in [0.717, 1.165) is 44.6 Å². The lowest BCUT2D eigenvalue weighted by Gasteiger charge is -2.41. The van der Waals surface area contributed by atoms with Gasteiger partial charge in [0.15, 0.2) is 0 Å². The van der Waals surface area contributed by atoms with E-state index in [1.165, 1.54) is 45.2 Å². The summed E-state index contributed by atoms with van der Waals surface area (Å²) >= 11 is 0. The van der Waals surface area contributed by atoms with Crippen molar-refractivity contribution in [2.24, 2.45) is 5.92 Å². The summed E-state index contributed by atoms with van der Waals surface area (Å²) in [4.78, 5) is 32.8. The van der Waals surface area contributed by atoms with Crippen molar-refractivity contribution in [2.75, 3.05) is 52.4 Å². The number of likely N-dealkylation sites (tertiary alicyclic amines) is 1. The summed E-state index contributed by atoms with van der Waals surface area (Å²) in [7, 11) is 0. The van der Waals surface area contributed by atoms with Crippen molar-refractivity contribution in [3.8, 4) is 0 Å². The topological polar surface area (TPSA) is 55.9 Å². The van der Waals surface area contributed by atoms with E-state index in [9.17, 15) is 9.59 Å². The van der Waals surface area contributed by atoms with Crippen molar-refractivity contribution >= 4 is 11.8 Å². The van der Waals surface area contributed by atoms with E-state index in [0.29, 0.717) is 19.0 Å². The van der Waals surface area contributed by atoms with Crippen LogP contribution in [0.2, 0.25) is 0 Å². The Balaban J connectivity index is 1.31. The predicted octanol–water partition coefficient (Wildman–Crippen LogP) is 2.61. The molecule has 6 heteroatoms. The largest absolute Gasteiger partial charge is 0.353 e. The van der Waals surface area contributed by atoms with E-state index < -0.39 is 0 Å². The molecule has 0 spiro atoms. The molecule has 3 fully saturated rings. The Morgan fingerprint density at radius 3 is 2.23 bits per heavy atom. The molecule has 2 amide bonds. The molecule has 6 nitrogen and oxygen atoms in total. The monoisotopic (exact) mass is 426 g/mol. The van der Waals surface area contributed by atoms with E-state index >= 15 is 0 Å². The van der Waals surface area contributed by atoms with Gasteiger partial charge in [-0.3, -0.25) is 14.5 Å². The molecule has 1 aliphatic carbocycles. The number of benzene rings is 1. The first kappa shape index (κ1) is 22.3. The fraction of sp³-hybridized carbons (Fsp3) is 0.680. The van der Waals surface area contributed by atoms with Crippen molar-refractivity contribution in [3.05, 3.63) is 35.9 Å². The van der Waals surface area contributed by atoms with Crippen LogP contribution in [-0.2, 0) is 4.79 Å². The number of hydrogen-bond donors (Lipinski definition) is 1. The smallest absolute Gasteiger partial charge is 0.253 e. The number of piperidine rings is 1. The normalized spacial score (nSPS) is 22.4. The molecular formula is C25H38N4O2. The Labute approximate surface area is 187 Å². The van der Waals surface area contributed by atoms with Gasteiger partial charge in [0.1, 0.15) is 0 Å². The van der Waals surface area contributed by atoms with Crippen molar-refractivity contribution in [3.63, 3.8) is 0 Å². The minimum atomic E-state index is -0.0437. The van der Waals surface area contributed by atoms with Crippen LogP contribution in [0.3, 0.4) is 0 Å².